The maximum atomic E-state index is 12.9. The van der Waals surface area contributed by atoms with Crippen LogP contribution in [0.25, 0.3) is 11.3 Å². The number of rotatable bonds is 6. The van der Waals surface area contributed by atoms with Gasteiger partial charge in [0.1, 0.15) is 5.01 Å². The van der Waals surface area contributed by atoms with E-state index in [4.69, 9.17) is 11.6 Å². The van der Waals surface area contributed by atoms with E-state index in [0.29, 0.717) is 15.7 Å². The lowest BCUT2D eigenvalue weighted by molar-refractivity contribution is 0.0978. The van der Waals surface area contributed by atoms with E-state index in [1.165, 1.54) is 49.7 Å². The molecule has 0 N–H and O–H groups in total. The third kappa shape index (κ3) is 4.38. The number of carbonyl (C=O) groups excluding carboxylic acids is 1. The molecular formula is C20H16ClN3O3S2. The Morgan fingerprint density at radius 3 is 2.52 bits per heavy atom. The lowest BCUT2D eigenvalue weighted by Gasteiger charge is -2.12. The van der Waals surface area contributed by atoms with Crippen LogP contribution in [0.4, 0.5) is 0 Å². The van der Waals surface area contributed by atoms with Gasteiger partial charge in [0.25, 0.3) is 0 Å². The maximum absolute atomic E-state index is 12.9. The number of nitrogens with zero attached hydrogens (tertiary/aromatic N) is 3. The van der Waals surface area contributed by atoms with Gasteiger partial charge in [0.2, 0.25) is 10.0 Å². The highest BCUT2D eigenvalue weighted by molar-refractivity contribution is 7.89. The number of benzene rings is 2. The van der Waals surface area contributed by atoms with Gasteiger partial charge < -0.3 is 0 Å². The molecule has 0 amide bonds. The standard InChI is InChI=1S/C20H16ClN3O3S2/c1-24(2)29(26,27)16-5-3-4-14(10-16)19(25)17(11-22)20-23-18(12-28-20)13-6-8-15(21)9-7-13/h3-10,12,17H,1-2H3/t17-/m1/s1. The Balaban J connectivity index is 1.93. The van der Waals surface area contributed by atoms with Crippen molar-refractivity contribution in [3.05, 3.63) is 69.5 Å². The van der Waals surface area contributed by atoms with E-state index in [2.05, 4.69) is 4.98 Å². The molecule has 2 aromatic carbocycles. The predicted octanol–water partition coefficient (Wildman–Crippen LogP) is 4.20. The summed E-state index contributed by atoms with van der Waals surface area (Å²) in [5.41, 5.74) is 1.60. The zero-order valence-corrected chi connectivity index (χ0v) is 17.9. The molecule has 29 heavy (non-hydrogen) atoms. The molecule has 0 aliphatic carbocycles. The minimum Gasteiger partial charge on any atom is -0.292 e. The van der Waals surface area contributed by atoms with Crippen molar-refractivity contribution in [3.63, 3.8) is 0 Å². The third-order valence-electron chi connectivity index (χ3n) is 4.20. The average molecular weight is 446 g/mol. The zero-order chi connectivity index (χ0) is 21.2. The number of nitriles is 1. The molecule has 1 aromatic heterocycles. The van der Waals surface area contributed by atoms with Gasteiger partial charge in [-0.05, 0) is 24.3 Å². The highest BCUT2D eigenvalue weighted by Gasteiger charge is 2.27. The largest absolute Gasteiger partial charge is 0.292 e. The molecule has 0 spiro atoms. The van der Waals surface area contributed by atoms with Gasteiger partial charge >= 0.3 is 0 Å². The van der Waals surface area contributed by atoms with Crippen LogP contribution >= 0.6 is 22.9 Å². The van der Waals surface area contributed by atoms with E-state index in [1.54, 1.807) is 29.6 Å². The molecule has 0 saturated carbocycles. The summed E-state index contributed by atoms with van der Waals surface area (Å²) in [6.45, 7) is 0. The van der Waals surface area contributed by atoms with Crippen molar-refractivity contribution in [3.8, 4) is 17.3 Å². The number of thiazole rings is 1. The van der Waals surface area contributed by atoms with Crippen LogP contribution < -0.4 is 0 Å². The Labute approximate surface area is 178 Å². The minimum absolute atomic E-state index is 0.00830. The second-order valence-corrected chi connectivity index (χ2v) is 9.80. The van der Waals surface area contributed by atoms with E-state index in [0.717, 1.165) is 9.87 Å². The lowest BCUT2D eigenvalue weighted by atomic mass is 9.99. The lowest BCUT2D eigenvalue weighted by Crippen LogP contribution is -2.22. The first-order valence-corrected chi connectivity index (χ1v) is 11.1. The van der Waals surface area contributed by atoms with E-state index in [1.807, 2.05) is 6.07 Å². The summed E-state index contributed by atoms with van der Waals surface area (Å²) in [6.07, 6.45) is 0. The number of ketones is 1. The van der Waals surface area contributed by atoms with Gasteiger partial charge in [0.05, 0.1) is 16.7 Å². The van der Waals surface area contributed by atoms with Crippen molar-refractivity contribution in [1.29, 1.82) is 5.26 Å². The monoisotopic (exact) mass is 445 g/mol. The summed E-state index contributed by atoms with van der Waals surface area (Å²) < 4.78 is 25.7. The second kappa shape index (κ2) is 8.43. The quantitative estimate of drug-likeness (QED) is 0.530. The zero-order valence-electron chi connectivity index (χ0n) is 15.5. The molecule has 0 fully saturated rings. The smallest absolute Gasteiger partial charge is 0.242 e. The van der Waals surface area contributed by atoms with Crippen molar-refractivity contribution in [2.45, 2.75) is 10.8 Å². The molecule has 9 heteroatoms. The summed E-state index contributed by atoms with van der Waals surface area (Å²) in [6, 6.07) is 14.8. The van der Waals surface area contributed by atoms with Gasteiger partial charge in [-0.1, -0.05) is 35.9 Å². The van der Waals surface area contributed by atoms with Crippen molar-refractivity contribution in [2.75, 3.05) is 14.1 Å². The van der Waals surface area contributed by atoms with E-state index in [9.17, 15) is 18.5 Å². The number of carbonyl (C=O) groups is 1. The molecule has 0 bridgehead atoms. The average Bonchev–Trinajstić information content (AvgIpc) is 3.18. The van der Waals surface area contributed by atoms with Gasteiger partial charge in [-0.25, -0.2) is 17.7 Å². The molecule has 148 valence electrons. The van der Waals surface area contributed by atoms with Crippen LogP contribution in [0.1, 0.15) is 21.3 Å². The Morgan fingerprint density at radius 2 is 1.90 bits per heavy atom. The van der Waals surface area contributed by atoms with Gasteiger partial charge in [-0.15, -0.1) is 11.3 Å². The molecule has 0 aliphatic rings. The fraction of sp³-hybridized carbons (Fsp3) is 0.150. The number of halogens is 1. The van der Waals surface area contributed by atoms with Crippen LogP contribution in [0.5, 0.6) is 0 Å². The second-order valence-electron chi connectivity index (χ2n) is 6.32. The van der Waals surface area contributed by atoms with Crippen molar-refractivity contribution < 1.29 is 13.2 Å². The third-order valence-corrected chi connectivity index (χ3v) is 7.17. The number of sulfonamides is 1. The molecule has 0 saturated heterocycles. The normalized spacial score (nSPS) is 12.5. The molecule has 1 heterocycles. The highest BCUT2D eigenvalue weighted by Crippen LogP contribution is 2.29. The molecule has 0 aliphatic heterocycles. The van der Waals surface area contributed by atoms with Crippen LogP contribution in [0.15, 0.2) is 58.8 Å². The SMILES string of the molecule is CN(C)S(=O)(=O)c1cccc(C(=O)[C@@H](C#N)c2nc(-c3ccc(Cl)cc3)cs2)c1. The van der Waals surface area contributed by atoms with Crippen LogP contribution in [0, 0.1) is 11.3 Å². The number of Topliss-reactive ketones (excluding diaryl/α,β-unsaturated/α-hetero) is 1. The first-order chi connectivity index (χ1) is 13.7. The van der Waals surface area contributed by atoms with Gasteiger partial charge in [0.15, 0.2) is 11.7 Å². The Hall–Kier alpha value is -2.57. The predicted molar refractivity (Wildman–Crippen MR) is 113 cm³/mol. The molecule has 3 rings (SSSR count). The van der Waals surface area contributed by atoms with Crippen LogP contribution in [-0.2, 0) is 10.0 Å². The molecular weight excluding hydrogens is 430 g/mol. The van der Waals surface area contributed by atoms with Crippen molar-refractivity contribution in [2.24, 2.45) is 0 Å². The first-order valence-electron chi connectivity index (χ1n) is 8.42. The Morgan fingerprint density at radius 1 is 1.21 bits per heavy atom. The van der Waals surface area contributed by atoms with Gasteiger partial charge in [-0.2, -0.15) is 5.26 Å². The molecule has 3 aromatic rings. The summed E-state index contributed by atoms with van der Waals surface area (Å²) in [5, 5.41) is 12.3. The molecule has 1 atom stereocenters. The number of hydrogen-bond acceptors (Lipinski definition) is 6. The Bertz CT molecular complexity index is 1200. The molecule has 0 unspecified atom stereocenters. The fourth-order valence-corrected chi connectivity index (χ4v) is 4.53. The highest BCUT2D eigenvalue weighted by atomic mass is 35.5. The van der Waals surface area contributed by atoms with Gasteiger partial charge in [-0.3, -0.25) is 4.79 Å². The van der Waals surface area contributed by atoms with E-state index >= 15 is 0 Å². The van der Waals surface area contributed by atoms with E-state index in [-0.39, 0.29) is 10.5 Å². The fourth-order valence-electron chi connectivity index (χ4n) is 2.59. The maximum Gasteiger partial charge on any atom is 0.242 e. The first kappa shape index (κ1) is 21.1. The number of hydrogen-bond donors (Lipinski definition) is 0. The summed E-state index contributed by atoms with van der Waals surface area (Å²) in [5.74, 6) is -1.63. The van der Waals surface area contributed by atoms with Crippen molar-refractivity contribution in [1.82, 2.24) is 9.29 Å². The van der Waals surface area contributed by atoms with E-state index < -0.39 is 21.7 Å². The summed E-state index contributed by atoms with van der Waals surface area (Å²) >= 11 is 7.10. The van der Waals surface area contributed by atoms with Crippen LogP contribution in [-0.4, -0.2) is 37.6 Å². The van der Waals surface area contributed by atoms with Crippen LogP contribution in [0.2, 0.25) is 5.02 Å². The number of aromatic nitrogens is 1. The van der Waals surface area contributed by atoms with Crippen LogP contribution in [0.3, 0.4) is 0 Å². The minimum atomic E-state index is -3.69. The topological polar surface area (TPSA) is 91.1 Å². The molecule has 0 radical (unpaired) electrons. The van der Waals surface area contributed by atoms with Crippen molar-refractivity contribution >= 4 is 38.7 Å². The Kier molecular flexibility index (Phi) is 6.15. The molecule has 6 nitrogen and oxygen atoms in total. The summed E-state index contributed by atoms with van der Waals surface area (Å²) in [4.78, 5) is 17.4. The van der Waals surface area contributed by atoms with Gasteiger partial charge in [0, 0.05) is 35.6 Å². The summed E-state index contributed by atoms with van der Waals surface area (Å²) in [7, 11) is -0.866.